The van der Waals surface area contributed by atoms with Gasteiger partial charge in [-0.1, -0.05) is 41.9 Å². The second-order valence-corrected chi connectivity index (χ2v) is 8.43. The largest absolute Gasteiger partial charge is 0.486 e. The molecule has 0 fully saturated rings. The maximum atomic E-state index is 13.3. The summed E-state index contributed by atoms with van der Waals surface area (Å²) in [6.07, 6.45) is -0.260. The van der Waals surface area contributed by atoms with Gasteiger partial charge in [0.15, 0.2) is 11.9 Å². The lowest BCUT2D eigenvalue weighted by Gasteiger charge is -2.16. The maximum Gasteiger partial charge on any atom is 0.335 e. The van der Waals surface area contributed by atoms with Crippen LogP contribution in [0, 0.1) is 0 Å². The number of halogens is 1. The molecule has 1 aromatic heterocycles. The van der Waals surface area contributed by atoms with Crippen molar-refractivity contribution in [3.63, 3.8) is 0 Å². The van der Waals surface area contributed by atoms with Gasteiger partial charge in [-0.25, -0.2) is 9.78 Å². The van der Waals surface area contributed by atoms with Crippen LogP contribution in [0.15, 0.2) is 77.6 Å². The van der Waals surface area contributed by atoms with E-state index in [-0.39, 0.29) is 18.1 Å². The molecule has 36 heavy (non-hydrogen) atoms. The van der Waals surface area contributed by atoms with Gasteiger partial charge in [-0.2, -0.15) is 0 Å². The molecule has 0 saturated heterocycles. The maximum absolute atomic E-state index is 13.3. The minimum absolute atomic E-state index is 0.0658. The van der Waals surface area contributed by atoms with Crippen LogP contribution in [0.1, 0.15) is 25.2 Å². The lowest BCUT2D eigenvalue weighted by Crippen LogP contribution is -2.28. The Hall–Kier alpha value is -3.68. The average molecular weight is 507 g/mol. The molecule has 1 heterocycles. The number of rotatable bonds is 10. The van der Waals surface area contributed by atoms with Gasteiger partial charge in [-0.05, 0) is 61.9 Å². The number of aromatic nitrogens is 2. The Balaban J connectivity index is 1.57. The van der Waals surface area contributed by atoms with Crippen LogP contribution in [0.4, 0.5) is 0 Å². The van der Waals surface area contributed by atoms with E-state index in [0.717, 1.165) is 5.56 Å². The van der Waals surface area contributed by atoms with Crippen molar-refractivity contribution >= 4 is 28.5 Å². The molecular formula is C28H27ClN2O5. The van der Waals surface area contributed by atoms with E-state index in [0.29, 0.717) is 52.8 Å². The Kier molecular flexibility index (Phi) is 8.36. The summed E-state index contributed by atoms with van der Waals surface area (Å²) in [4.78, 5) is 30.2. The number of esters is 1. The van der Waals surface area contributed by atoms with Gasteiger partial charge in [0.05, 0.1) is 23.2 Å². The summed E-state index contributed by atoms with van der Waals surface area (Å²) < 4.78 is 18.2. The summed E-state index contributed by atoms with van der Waals surface area (Å²) in [6.45, 7) is 4.39. The SMILES string of the molecule is CCOC(=O)C(Cc1ccc(OCc2nc3ccccc3c(=O)n2-c2cccc(Cl)c2)cc1)OCC. The van der Waals surface area contributed by atoms with Gasteiger partial charge in [-0.15, -0.1) is 0 Å². The highest BCUT2D eigenvalue weighted by atomic mass is 35.5. The second-order valence-electron chi connectivity index (χ2n) is 8.00. The van der Waals surface area contributed by atoms with Crippen LogP contribution in [-0.2, 0) is 27.3 Å². The number of hydrogen-bond acceptors (Lipinski definition) is 6. The van der Waals surface area contributed by atoms with E-state index in [1.54, 1.807) is 43.3 Å². The standard InChI is InChI=1S/C28H27ClN2O5/c1-3-34-25(28(33)35-4-2)16-19-12-14-22(15-13-19)36-18-26-30-24-11-6-5-10-23(24)27(32)31(26)21-9-7-8-20(29)17-21/h5-15,17,25H,3-4,16,18H2,1-2H3. The third-order valence-corrected chi connectivity index (χ3v) is 5.78. The van der Waals surface area contributed by atoms with E-state index in [9.17, 15) is 9.59 Å². The first-order valence-corrected chi connectivity index (χ1v) is 12.1. The van der Waals surface area contributed by atoms with Gasteiger partial charge in [-0.3, -0.25) is 9.36 Å². The van der Waals surface area contributed by atoms with E-state index < -0.39 is 6.10 Å². The van der Waals surface area contributed by atoms with Crippen molar-refractivity contribution in [2.24, 2.45) is 0 Å². The minimum atomic E-state index is -0.657. The number of para-hydroxylation sites is 1. The zero-order valence-electron chi connectivity index (χ0n) is 20.1. The predicted octanol–water partition coefficient (Wildman–Crippen LogP) is 5.13. The van der Waals surface area contributed by atoms with Crippen molar-refractivity contribution in [2.45, 2.75) is 33.0 Å². The van der Waals surface area contributed by atoms with E-state index in [1.807, 2.05) is 43.3 Å². The topological polar surface area (TPSA) is 79.7 Å². The number of carbonyl (C=O) groups is 1. The molecule has 0 N–H and O–H groups in total. The third-order valence-electron chi connectivity index (χ3n) is 5.54. The number of ether oxygens (including phenoxy) is 3. The number of nitrogens with zero attached hydrogens (tertiary/aromatic N) is 2. The normalized spacial score (nSPS) is 11.9. The summed E-state index contributed by atoms with van der Waals surface area (Å²) >= 11 is 6.19. The summed E-state index contributed by atoms with van der Waals surface area (Å²) in [5.74, 6) is 0.674. The molecule has 1 unspecified atom stereocenters. The van der Waals surface area contributed by atoms with Gasteiger partial charge in [0, 0.05) is 18.1 Å². The molecule has 0 saturated carbocycles. The van der Waals surface area contributed by atoms with Gasteiger partial charge in [0.2, 0.25) is 0 Å². The molecule has 7 nitrogen and oxygen atoms in total. The molecule has 0 aliphatic rings. The Morgan fingerprint density at radius 1 is 1.00 bits per heavy atom. The second kappa shape index (κ2) is 11.8. The molecule has 0 aliphatic carbocycles. The van der Waals surface area contributed by atoms with E-state index in [1.165, 1.54) is 4.57 Å². The molecule has 4 rings (SSSR count). The summed E-state index contributed by atoms with van der Waals surface area (Å²) in [5, 5.41) is 1.03. The molecular weight excluding hydrogens is 480 g/mol. The predicted molar refractivity (Wildman–Crippen MR) is 139 cm³/mol. The zero-order chi connectivity index (χ0) is 25.5. The lowest BCUT2D eigenvalue weighted by molar-refractivity contribution is -0.156. The molecule has 8 heteroatoms. The lowest BCUT2D eigenvalue weighted by atomic mass is 10.1. The van der Waals surface area contributed by atoms with Gasteiger partial charge >= 0.3 is 5.97 Å². The summed E-state index contributed by atoms with van der Waals surface area (Å²) in [5.41, 5.74) is 1.92. The fourth-order valence-electron chi connectivity index (χ4n) is 3.89. The van der Waals surface area contributed by atoms with Crippen molar-refractivity contribution in [1.82, 2.24) is 9.55 Å². The summed E-state index contributed by atoms with van der Waals surface area (Å²) in [7, 11) is 0. The highest BCUT2D eigenvalue weighted by Crippen LogP contribution is 2.20. The molecule has 3 aromatic carbocycles. The van der Waals surface area contributed by atoms with Crippen LogP contribution < -0.4 is 10.3 Å². The van der Waals surface area contributed by atoms with Crippen LogP contribution in [0.25, 0.3) is 16.6 Å². The Bertz CT molecular complexity index is 1400. The highest BCUT2D eigenvalue weighted by molar-refractivity contribution is 6.30. The van der Waals surface area contributed by atoms with Crippen molar-refractivity contribution in [3.05, 3.63) is 99.6 Å². The molecule has 186 valence electrons. The number of benzene rings is 3. The molecule has 0 radical (unpaired) electrons. The van der Waals surface area contributed by atoms with Crippen LogP contribution in [0.5, 0.6) is 5.75 Å². The van der Waals surface area contributed by atoms with Crippen molar-refractivity contribution < 1.29 is 19.0 Å². The van der Waals surface area contributed by atoms with Crippen LogP contribution >= 0.6 is 11.6 Å². The van der Waals surface area contributed by atoms with E-state index >= 15 is 0 Å². The van der Waals surface area contributed by atoms with Crippen molar-refractivity contribution in [2.75, 3.05) is 13.2 Å². The summed E-state index contributed by atoms with van der Waals surface area (Å²) in [6, 6.07) is 21.6. The van der Waals surface area contributed by atoms with Gasteiger partial charge in [0.1, 0.15) is 12.4 Å². The number of hydrogen-bond donors (Lipinski definition) is 0. The fourth-order valence-corrected chi connectivity index (χ4v) is 4.07. The molecule has 0 bridgehead atoms. The third kappa shape index (κ3) is 5.93. The Morgan fingerprint density at radius 2 is 1.78 bits per heavy atom. The highest BCUT2D eigenvalue weighted by Gasteiger charge is 2.20. The molecule has 4 aromatic rings. The van der Waals surface area contributed by atoms with E-state index in [2.05, 4.69) is 0 Å². The van der Waals surface area contributed by atoms with Crippen LogP contribution in [0.3, 0.4) is 0 Å². The van der Waals surface area contributed by atoms with Crippen LogP contribution in [0.2, 0.25) is 5.02 Å². The molecule has 0 aliphatic heterocycles. The number of carbonyl (C=O) groups excluding carboxylic acids is 1. The van der Waals surface area contributed by atoms with Gasteiger partial charge < -0.3 is 14.2 Å². The first-order valence-electron chi connectivity index (χ1n) is 11.8. The Morgan fingerprint density at radius 3 is 2.50 bits per heavy atom. The van der Waals surface area contributed by atoms with Gasteiger partial charge in [0.25, 0.3) is 5.56 Å². The quantitative estimate of drug-likeness (QED) is 0.277. The monoisotopic (exact) mass is 506 g/mol. The minimum Gasteiger partial charge on any atom is -0.486 e. The first-order chi connectivity index (χ1) is 17.5. The van der Waals surface area contributed by atoms with Crippen LogP contribution in [-0.4, -0.2) is 34.8 Å². The molecule has 0 spiro atoms. The van der Waals surface area contributed by atoms with Crippen molar-refractivity contribution in [1.29, 1.82) is 0 Å². The Labute approximate surface area is 214 Å². The zero-order valence-corrected chi connectivity index (χ0v) is 20.9. The number of fused-ring (bicyclic) bond motifs is 1. The average Bonchev–Trinajstić information content (AvgIpc) is 2.88. The van der Waals surface area contributed by atoms with E-state index in [4.69, 9.17) is 30.8 Å². The fraction of sp³-hybridized carbons (Fsp3) is 0.250. The molecule has 1 atom stereocenters. The smallest absolute Gasteiger partial charge is 0.335 e. The molecule has 0 amide bonds. The van der Waals surface area contributed by atoms with Crippen molar-refractivity contribution in [3.8, 4) is 11.4 Å². The first kappa shape index (κ1) is 25.4.